The number of piperidine rings is 1. The van der Waals surface area contributed by atoms with E-state index in [1.54, 1.807) is 30.3 Å². The van der Waals surface area contributed by atoms with Gasteiger partial charge in [-0.1, -0.05) is 24.6 Å². The highest BCUT2D eigenvalue weighted by Crippen LogP contribution is 2.27. The summed E-state index contributed by atoms with van der Waals surface area (Å²) in [4.78, 5) is 29.5. The molecular formula is C22H26ClN3O2. The molecular weight excluding hydrogens is 374 g/mol. The van der Waals surface area contributed by atoms with Gasteiger partial charge in [0.05, 0.1) is 5.56 Å². The second-order valence-electron chi connectivity index (χ2n) is 7.57. The van der Waals surface area contributed by atoms with Crippen LogP contribution in [0, 0.1) is 5.92 Å². The van der Waals surface area contributed by atoms with Crippen molar-refractivity contribution < 1.29 is 9.59 Å². The molecule has 1 fully saturated rings. The first-order valence-corrected chi connectivity index (χ1v) is 9.90. The van der Waals surface area contributed by atoms with Crippen LogP contribution in [-0.2, 0) is 0 Å². The van der Waals surface area contributed by atoms with Crippen molar-refractivity contribution >= 4 is 34.8 Å². The lowest BCUT2D eigenvalue weighted by Gasteiger charge is -2.31. The Morgan fingerprint density at radius 1 is 1.11 bits per heavy atom. The molecule has 0 bridgehead atoms. The van der Waals surface area contributed by atoms with Gasteiger partial charge in [0.25, 0.3) is 11.8 Å². The largest absolute Gasteiger partial charge is 0.377 e. The van der Waals surface area contributed by atoms with Gasteiger partial charge in [-0.05, 0) is 55.2 Å². The molecule has 0 atom stereocenters. The number of halogens is 1. The minimum Gasteiger partial charge on any atom is -0.377 e. The Balaban J connectivity index is 1.85. The summed E-state index contributed by atoms with van der Waals surface area (Å²) in [7, 11) is 3.82. The van der Waals surface area contributed by atoms with Crippen molar-refractivity contribution in [1.29, 1.82) is 0 Å². The second kappa shape index (κ2) is 8.65. The van der Waals surface area contributed by atoms with Gasteiger partial charge in [0.1, 0.15) is 0 Å². The lowest BCUT2D eigenvalue weighted by molar-refractivity contribution is 0.0697. The molecule has 0 unspecified atom stereocenters. The Hall–Kier alpha value is -2.53. The number of carbonyl (C=O) groups excluding carboxylic acids is 2. The summed E-state index contributed by atoms with van der Waals surface area (Å²) in [6.07, 6.45) is 2.04. The average molecular weight is 400 g/mol. The number of benzene rings is 2. The molecule has 0 saturated carbocycles. The zero-order chi connectivity index (χ0) is 20.3. The third-order valence-corrected chi connectivity index (χ3v) is 5.36. The summed E-state index contributed by atoms with van der Waals surface area (Å²) in [6, 6.07) is 12.2. The van der Waals surface area contributed by atoms with E-state index in [0.29, 0.717) is 27.8 Å². The van der Waals surface area contributed by atoms with E-state index >= 15 is 0 Å². The van der Waals surface area contributed by atoms with Gasteiger partial charge in [-0.2, -0.15) is 0 Å². The number of nitrogens with one attached hydrogen (secondary N) is 1. The highest BCUT2D eigenvalue weighted by Gasteiger charge is 2.24. The van der Waals surface area contributed by atoms with Crippen LogP contribution in [0.25, 0.3) is 0 Å². The average Bonchev–Trinajstić information content (AvgIpc) is 2.67. The molecule has 1 heterocycles. The van der Waals surface area contributed by atoms with Gasteiger partial charge in [0.2, 0.25) is 0 Å². The van der Waals surface area contributed by atoms with Gasteiger partial charge in [-0.15, -0.1) is 0 Å². The molecule has 148 valence electrons. The van der Waals surface area contributed by atoms with Crippen molar-refractivity contribution in [3.05, 3.63) is 58.6 Å². The maximum atomic E-state index is 13.2. The van der Waals surface area contributed by atoms with Crippen LogP contribution < -0.4 is 10.2 Å². The van der Waals surface area contributed by atoms with Crippen molar-refractivity contribution in [1.82, 2.24) is 4.90 Å². The first-order chi connectivity index (χ1) is 13.3. The molecule has 3 rings (SSSR count). The quantitative estimate of drug-likeness (QED) is 0.821. The predicted molar refractivity (Wildman–Crippen MR) is 114 cm³/mol. The van der Waals surface area contributed by atoms with Crippen LogP contribution >= 0.6 is 11.6 Å². The molecule has 1 N–H and O–H groups in total. The number of nitrogens with zero attached hydrogens (tertiary/aromatic N) is 2. The maximum Gasteiger partial charge on any atom is 0.256 e. The van der Waals surface area contributed by atoms with E-state index in [-0.39, 0.29) is 11.8 Å². The molecule has 1 aliphatic rings. The molecule has 5 nitrogen and oxygen atoms in total. The van der Waals surface area contributed by atoms with Crippen LogP contribution in [-0.4, -0.2) is 43.9 Å². The maximum absolute atomic E-state index is 13.2. The van der Waals surface area contributed by atoms with E-state index in [1.165, 1.54) is 0 Å². The minimum atomic E-state index is -0.259. The zero-order valence-electron chi connectivity index (χ0n) is 16.5. The van der Waals surface area contributed by atoms with E-state index in [9.17, 15) is 9.59 Å². The van der Waals surface area contributed by atoms with Crippen molar-refractivity contribution in [2.45, 2.75) is 19.8 Å². The van der Waals surface area contributed by atoms with Gasteiger partial charge in [0.15, 0.2) is 0 Å². The fraction of sp³-hybridized carbons (Fsp3) is 0.364. The van der Waals surface area contributed by atoms with Gasteiger partial charge < -0.3 is 15.1 Å². The van der Waals surface area contributed by atoms with Gasteiger partial charge in [-0.3, -0.25) is 9.59 Å². The third kappa shape index (κ3) is 4.65. The predicted octanol–water partition coefficient (Wildman–Crippen LogP) is 4.53. The van der Waals surface area contributed by atoms with Gasteiger partial charge in [0, 0.05) is 49.1 Å². The highest BCUT2D eigenvalue weighted by atomic mass is 35.5. The Morgan fingerprint density at radius 2 is 1.82 bits per heavy atom. The third-order valence-electron chi connectivity index (χ3n) is 5.12. The molecule has 0 aliphatic carbocycles. The van der Waals surface area contributed by atoms with Crippen LogP contribution in [0.1, 0.15) is 40.5 Å². The van der Waals surface area contributed by atoms with Crippen LogP contribution in [0.5, 0.6) is 0 Å². The SMILES string of the molecule is CC1CCN(C(=O)c2cc(NC(=O)c3cccc(Cl)c3)ccc2N(C)C)CC1. The van der Waals surface area contributed by atoms with Crippen molar-refractivity contribution in [3.63, 3.8) is 0 Å². The van der Waals surface area contributed by atoms with E-state index in [1.807, 2.05) is 36.0 Å². The molecule has 28 heavy (non-hydrogen) atoms. The minimum absolute atomic E-state index is 0.00875. The number of likely N-dealkylation sites (tertiary alicyclic amines) is 1. The second-order valence-corrected chi connectivity index (χ2v) is 8.00. The molecule has 6 heteroatoms. The van der Waals surface area contributed by atoms with Crippen LogP contribution in [0.3, 0.4) is 0 Å². The monoisotopic (exact) mass is 399 g/mol. The Morgan fingerprint density at radius 3 is 2.46 bits per heavy atom. The molecule has 2 aromatic carbocycles. The summed E-state index contributed by atoms with van der Waals surface area (Å²) in [5.74, 6) is 0.403. The number of hydrogen-bond acceptors (Lipinski definition) is 3. The smallest absolute Gasteiger partial charge is 0.256 e. The molecule has 1 saturated heterocycles. The van der Waals surface area contributed by atoms with E-state index in [2.05, 4.69) is 12.2 Å². The van der Waals surface area contributed by atoms with Gasteiger partial charge >= 0.3 is 0 Å². The van der Waals surface area contributed by atoms with Crippen molar-refractivity contribution in [2.24, 2.45) is 5.92 Å². The van der Waals surface area contributed by atoms with Crippen LogP contribution in [0.2, 0.25) is 5.02 Å². The fourth-order valence-electron chi connectivity index (χ4n) is 3.39. The number of hydrogen-bond donors (Lipinski definition) is 1. The van der Waals surface area contributed by atoms with E-state index < -0.39 is 0 Å². The topological polar surface area (TPSA) is 52.7 Å². The molecule has 0 aromatic heterocycles. The Bertz CT molecular complexity index is 874. The summed E-state index contributed by atoms with van der Waals surface area (Å²) in [5, 5.41) is 3.38. The summed E-state index contributed by atoms with van der Waals surface area (Å²) < 4.78 is 0. The standard InChI is InChI=1S/C22H26ClN3O2/c1-15-9-11-26(12-10-15)22(28)19-14-18(7-8-20(19)25(2)3)24-21(27)16-5-4-6-17(23)13-16/h4-8,13-15H,9-12H2,1-3H3,(H,24,27). The lowest BCUT2D eigenvalue weighted by Crippen LogP contribution is -2.38. The van der Waals surface area contributed by atoms with Crippen LogP contribution in [0.15, 0.2) is 42.5 Å². The van der Waals surface area contributed by atoms with Gasteiger partial charge in [-0.25, -0.2) is 0 Å². The van der Waals surface area contributed by atoms with Crippen molar-refractivity contribution in [2.75, 3.05) is 37.4 Å². The van der Waals surface area contributed by atoms with E-state index in [0.717, 1.165) is 31.6 Å². The number of anilines is 2. The molecule has 2 amide bonds. The summed E-state index contributed by atoms with van der Waals surface area (Å²) in [6.45, 7) is 3.76. The Kier molecular flexibility index (Phi) is 6.25. The van der Waals surface area contributed by atoms with E-state index in [4.69, 9.17) is 11.6 Å². The molecule has 1 aliphatic heterocycles. The normalized spacial score (nSPS) is 14.6. The first kappa shape index (κ1) is 20.2. The lowest BCUT2D eigenvalue weighted by atomic mass is 9.98. The molecule has 0 radical (unpaired) electrons. The van der Waals surface area contributed by atoms with Crippen LogP contribution in [0.4, 0.5) is 11.4 Å². The number of carbonyl (C=O) groups is 2. The van der Waals surface area contributed by atoms with Crippen molar-refractivity contribution in [3.8, 4) is 0 Å². The first-order valence-electron chi connectivity index (χ1n) is 9.52. The molecule has 0 spiro atoms. The highest BCUT2D eigenvalue weighted by molar-refractivity contribution is 6.31. The number of rotatable bonds is 4. The zero-order valence-corrected chi connectivity index (χ0v) is 17.3. The summed E-state index contributed by atoms with van der Waals surface area (Å²) in [5.41, 5.74) is 2.50. The number of amides is 2. The fourth-order valence-corrected chi connectivity index (χ4v) is 3.58. The summed E-state index contributed by atoms with van der Waals surface area (Å²) >= 11 is 5.97. The molecule has 2 aromatic rings. The Labute approximate surface area is 171 Å².